The number of aryl methyl sites for hydroxylation is 4. The second-order valence-electron chi connectivity index (χ2n) is 6.47. The van der Waals surface area contributed by atoms with Crippen molar-refractivity contribution in [2.75, 3.05) is 5.32 Å². The number of anilines is 1. The molecule has 2 heterocycles. The first-order chi connectivity index (χ1) is 12.4. The maximum Gasteiger partial charge on any atom is 0.255 e. The first-order valence-corrected chi connectivity index (χ1v) is 8.42. The van der Waals surface area contributed by atoms with E-state index in [1.807, 2.05) is 56.7 Å². The minimum absolute atomic E-state index is 0.182. The van der Waals surface area contributed by atoms with Crippen molar-refractivity contribution in [2.24, 2.45) is 7.05 Å². The SMILES string of the molecule is Cc1nc2ccc(C(=O)Nc3ccc4c(c3)nc(C)n4C)cc2nc1C. The van der Waals surface area contributed by atoms with Crippen molar-refractivity contribution in [1.82, 2.24) is 19.5 Å². The first-order valence-electron chi connectivity index (χ1n) is 8.42. The molecule has 2 aromatic heterocycles. The van der Waals surface area contributed by atoms with Gasteiger partial charge in [0, 0.05) is 18.3 Å². The molecule has 4 rings (SSSR count). The smallest absolute Gasteiger partial charge is 0.255 e. The summed E-state index contributed by atoms with van der Waals surface area (Å²) in [7, 11) is 1.97. The highest BCUT2D eigenvalue weighted by Gasteiger charge is 2.11. The van der Waals surface area contributed by atoms with E-state index in [0.29, 0.717) is 11.3 Å². The summed E-state index contributed by atoms with van der Waals surface area (Å²) in [6.45, 7) is 5.80. The molecule has 0 spiro atoms. The van der Waals surface area contributed by atoms with Gasteiger partial charge in [0.25, 0.3) is 5.91 Å². The number of aromatic nitrogens is 4. The van der Waals surface area contributed by atoms with Gasteiger partial charge in [0.1, 0.15) is 5.82 Å². The van der Waals surface area contributed by atoms with E-state index in [9.17, 15) is 4.79 Å². The zero-order valence-electron chi connectivity index (χ0n) is 15.2. The molecular formula is C20H19N5O. The van der Waals surface area contributed by atoms with Gasteiger partial charge in [-0.05, 0) is 57.2 Å². The molecule has 6 nitrogen and oxygen atoms in total. The number of benzene rings is 2. The highest BCUT2D eigenvalue weighted by Crippen LogP contribution is 2.21. The van der Waals surface area contributed by atoms with Crippen LogP contribution in [0.5, 0.6) is 0 Å². The molecule has 1 N–H and O–H groups in total. The normalized spacial score (nSPS) is 11.2. The topological polar surface area (TPSA) is 72.7 Å². The average Bonchev–Trinajstić information content (AvgIpc) is 2.89. The van der Waals surface area contributed by atoms with Crippen molar-refractivity contribution >= 4 is 33.7 Å². The fourth-order valence-corrected chi connectivity index (χ4v) is 2.97. The summed E-state index contributed by atoms with van der Waals surface area (Å²) in [6, 6.07) is 11.1. The van der Waals surface area contributed by atoms with E-state index in [2.05, 4.69) is 20.3 Å². The van der Waals surface area contributed by atoms with E-state index in [4.69, 9.17) is 0 Å². The fourth-order valence-electron chi connectivity index (χ4n) is 2.97. The summed E-state index contributed by atoms with van der Waals surface area (Å²) in [4.78, 5) is 26.2. The number of hydrogen-bond acceptors (Lipinski definition) is 4. The van der Waals surface area contributed by atoms with E-state index in [1.54, 1.807) is 12.1 Å². The number of carbonyl (C=O) groups is 1. The third-order valence-electron chi connectivity index (χ3n) is 4.70. The first kappa shape index (κ1) is 16.2. The van der Waals surface area contributed by atoms with Gasteiger partial charge in [-0.1, -0.05) is 0 Å². The maximum atomic E-state index is 12.6. The van der Waals surface area contributed by atoms with E-state index >= 15 is 0 Å². The number of fused-ring (bicyclic) bond motifs is 2. The van der Waals surface area contributed by atoms with Crippen LogP contribution in [0.25, 0.3) is 22.1 Å². The van der Waals surface area contributed by atoms with Gasteiger partial charge in [-0.2, -0.15) is 0 Å². The Hall–Kier alpha value is -3.28. The standard InChI is InChI=1S/C20H19N5O/c1-11-12(2)22-17-9-14(5-7-16(17)21-11)20(26)24-15-6-8-19-18(10-15)23-13(3)25(19)4/h5-10H,1-4H3,(H,24,26). The Balaban J connectivity index is 1.65. The zero-order chi connectivity index (χ0) is 18.4. The van der Waals surface area contributed by atoms with Crippen LogP contribution in [0.2, 0.25) is 0 Å². The van der Waals surface area contributed by atoms with E-state index in [-0.39, 0.29) is 5.91 Å². The molecule has 0 fully saturated rings. The van der Waals surface area contributed by atoms with Crippen LogP contribution < -0.4 is 5.32 Å². The monoisotopic (exact) mass is 345 g/mol. The quantitative estimate of drug-likeness (QED) is 0.601. The molecule has 6 heteroatoms. The predicted octanol–water partition coefficient (Wildman–Crippen LogP) is 3.69. The van der Waals surface area contributed by atoms with Crippen LogP contribution in [0, 0.1) is 20.8 Å². The second-order valence-corrected chi connectivity index (χ2v) is 6.47. The lowest BCUT2D eigenvalue weighted by Crippen LogP contribution is -2.12. The van der Waals surface area contributed by atoms with Crippen molar-refractivity contribution in [3.63, 3.8) is 0 Å². The lowest BCUT2D eigenvalue weighted by atomic mass is 10.1. The third kappa shape index (κ3) is 2.69. The molecule has 0 unspecified atom stereocenters. The Labute approximate surface area is 150 Å². The number of imidazole rings is 1. The Morgan fingerprint density at radius 3 is 2.38 bits per heavy atom. The van der Waals surface area contributed by atoms with E-state index in [1.165, 1.54) is 0 Å². The highest BCUT2D eigenvalue weighted by atomic mass is 16.1. The van der Waals surface area contributed by atoms with Gasteiger partial charge in [0.15, 0.2) is 0 Å². The molecule has 0 atom stereocenters. The largest absolute Gasteiger partial charge is 0.331 e. The molecular weight excluding hydrogens is 326 g/mol. The van der Waals surface area contributed by atoms with Gasteiger partial charge in [-0.15, -0.1) is 0 Å². The van der Waals surface area contributed by atoms with Crippen molar-refractivity contribution in [2.45, 2.75) is 20.8 Å². The van der Waals surface area contributed by atoms with Gasteiger partial charge >= 0.3 is 0 Å². The van der Waals surface area contributed by atoms with Crippen LogP contribution in [-0.2, 0) is 7.05 Å². The molecule has 0 aliphatic carbocycles. The Morgan fingerprint density at radius 2 is 1.62 bits per heavy atom. The van der Waals surface area contributed by atoms with Crippen LogP contribution in [0.3, 0.4) is 0 Å². The van der Waals surface area contributed by atoms with Crippen LogP contribution in [0.15, 0.2) is 36.4 Å². The maximum absolute atomic E-state index is 12.6. The third-order valence-corrected chi connectivity index (χ3v) is 4.70. The van der Waals surface area contributed by atoms with E-state index < -0.39 is 0 Å². The van der Waals surface area contributed by atoms with Crippen molar-refractivity contribution < 1.29 is 4.79 Å². The minimum atomic E-state index is -0.182. The fraction of sp³-hybridized carbons (Fsp3) is 0.200. The minimum Gasteiger partial charge on any atom is -0.331 e. The van der Waals surface area contributed by atoms with Crippen LogP contribution in [0.4, 0.5) is 5.69 Å². The second kappa shape index (κ2) is 5.91. The van der Waals surface area contributed by atoms with Gasteiger partial charge in [0.05, 0.1) is 33.5 Å². The Kier molecular flexibility index (Phi) is 3.68. The van der Waals surface area contributed by atoms with E-state index in [0.717, 1.165) is 39.3 Å². The predicted molar refractivity (Wildman–Crippen MR) is 102 cm³/mol. The average molecular weight is 345 g/mol. The summed E-state index contributed by atoms with van der Waals surface area (Å²) in [5.74, 6) is 0.751. The number of nitrogens with zero attached hydrogens (tertiary/aromatic N) is 4. The summed E-state index contributed by atoms with van der Waals surface area (Å²) >= 11 is 0. The lowest BCUT2D eigenvalue weighted by molar-refractivity contribution is 0.102. The number of carbonyl (C=O) groups excluding carboxylic acids is 1. The molecule has 4 aromatic rings. The molecule has 0 aliphatic rings. The molecule has 130 valence electrons. The van der Waals surface area contributed by atoms with Crippen molar-refractivity contribution in [1.29, 1.82) is 0 Å². The van der Waals surface area contributed by atoms with Gasteiger partial charge in [-0.3, -0.25) is 4.79 Å². The molecule has 26 heavy (non-hydrogen) atoms. The van der Waals surface area contributed by atoms with Gasteiger partial charge < -0.3 is 9.88 Å². The molecule has 0 radical (unpaired) electrons. The molecule has 0 saturated heterocycles. The summed E-state index contributed by atoms with van der Waals surface area (Å²) in [5.41, 5.74) is 6.43. The highest BCUT2D eigenvalue weighted by molar-refractivity contribution is 6.06. The van der Waals surface area contributed by atoms with Gasteiger partial charge in [-0.25, -0.2) is 15.0 Å². The van der Waals surface area contributed by atoms with Crippen LogP contribution in [0.1, 0.15) is 27.6 Å². The van der Waals surface area contributed by atoms with Gasteiger partial charge in [0.2, 0.25) is 0 Å². The number of hydrogen-bond donors (Lipinski definition) is 1. The molecule has 2 aromatic carbocycles. The number of rotatable bonds is 2. The Morgan fingerprint density at radius 1 is 0.885 bits per heavy atom. The van der Waals surface area contributed by atoms with Crippen LogP contribution >= 0.6 is 0 Å². The van der Waals surface area contributed by atoms with Crippen molar-refractivity contribution in [3.05, 3.63) is 59.2 Å². The summed E-state index contributed by atoms with van der Waals surface area (Å²) < 4.78 is 2.02. The molecule has 0 aliphatic heterocycles. The lowest BCUT2D eigenvalue weighted by Gasteiger charge is -2.07. The molecule has 0 saturated carbocycles. The summed E-state index contributed by atoms with van der Waals surface area (Å²) in [6.07, 6.45) is 0. The van der Waals surface area contributed by atoms with Crippen molar-refractivity contribution in [3.8, 4) is 0 Å². The Bertz CT molecular complexity index is 1180. The molecule has 0 bridgehead atoms. The summed E-state index contributed by atoms with van der Waals surface area (Å²) in [5, 5.41) is 2.93. The number of amides is 1. The zero-order valence-corrected chi connectivity index (χ0v) is 15.2. The van der Waals surface area contributed by atoms with Crippen LogP contribution in [-0.4, -0.2) is 25.4 Å². The number of nitrogens with one attached hydrogen (secondary N) is 1. The molecule has 1 amide bonds.